The molecule has 0 bridgehead atoms. The highest BCUT2D eigenvalue weighted by Crippen LogP contribution is 2.30. The lowest BCUT2D eigenvalue weighted by molar-refractivity contribution is -0.137. The van der Waals surface area contributed by atoms with E-state index in [1.165, 1.54) is 24.3 Å². The van der Waals surface area contributed by atoms with Crippen molar-refractivity contribution in [3.8, 4) is 0 Å². The van der Waals surface area contributed by atoms with E-state index in [2.05, 4.69) is 10.3 Å². The number of anilines is 1. The Morgan fingerprint density at radius 2 is 1.93 bits per heavy atom. The van der Waals surface area contributed by atoms with Crippen molar-refractivity contribution in [2.24, 2.45) is 0 Å². The van der Waals surface area contributed by atoms with Gasteiger partial charge in [-0.1, -0.05) is 13.0 Å². The molecule has 6 nitrogen and oxygen atoms in total. The minimum absolute atomic E-state index is 0.0193. The summed E-state index contributed by atoms with van der Waals surface area (Å²) >= 11 is 0. The predicted molar refractivity (Wildman–Crippen MR) is 95.7 cm³/mol. The smallest absolute Gasteiger partial charge is 0.417 e. The first kappa shape index (κ1) is 19.4. The van der Waals surface area contributed by atoms with Crippen LogP contribution < -0.4 is 5.32 Å². The Hall–Kier alpha value is -3.36. The van der Waals surface area contributed by atoms with E-state index in [4.69, 9.17) is 5.11 Å². The fourth-order valence-electron chi connectivity index (χ4n) is 2.82. The number of amides is 1. The Morgan fingerprint density at radius 1 is 1.21 bits per heavy atom. The van der Waals surface area contributed by atoms with Crippen molar-refractivity contribution in [1.29, 1.82) is 0 Å². The molecule has 0 aliphatic heterocycles. The standard InChI is InChI=1S/C19H16F3N3O3/c1-3-13-16(25-9-12(19(20,21)22)6-7-15(25)23-13)17(26)24-14-8-11(18(27)28)5-4-10(14)2/h4-9H,3H2,1-2H3,(H,24,26)(H,27,28). The molecule has 28 heavy (non-hydrogen) atoms. The third-order valence-corrected chi connectivity index (χ3v) is 4.30. The SMILES string of the molecule is CCc1nc2ccc(C(F)(F)F)cn2c1C(=O)Nc1cc(C(=O)O)ccc1C. The number of rotatable bonds is 4. The van der Waals surface area contributed by atoms with Crippen LogP contribution in [0.15, 0.2) is 36.5 Å². The van der Waals surface area contributed by atoms with Gasteiger partial charge in [0.15, 0.2) is 0 Å². The van der Waals surface area contributed by atoms with Gasteiger partial charge < -0.3 is 10.4 Å². The molecule has 1 aromatic carbocycles. The summed E-state index contributed by atoms with van der Waals surface area (Å²) in [6, 6.07) is 6.34. The summed E-state index contributed by atoms with van der Waals surface area (Å²) in [6.45, 7) is 3.41. The molecule has 9 heteroatoms. The highest BCUT2D eigenvalue weighted by molar-refractivity contribution is 6.05. The number of hydrogen-bond acceptors (Lipinski definition) is 3. The molecule has 0 unspecified atom stereocenters. The number of carboxylic acids is 1. The minimum Gasteiger partial charge on any atom is -0.478 e. The molecule has 2 aromatic heterocycles. The number of hydrogen-bond donors (Lipinski definition) is 2. The molecule has 0 radical (unpaired) electrons. The van der Waals surface area contributed by atoms with Crippen molar-refractivity contribution in [2.75, 3.05) is 5.32 Å². The van der Waals surface area contributed by atoms with Gasteiger partial charge in [0, 0.05) is 11.9 Å². The normalized spacial score (nSPS) is 11.6. The average molecular weight is 391 g/mol. The predicted octanol–water partition coefficient (Wildman–Crippen LogP) is 4.17. The third-order valence-electron chi connectivity index (χ3n) is 4.30. The molecule has 1 amide bonds. The van der Waals surface area contributed by atoms with Gasteiger partial charge in [-0.05, 0) is 43.2 Å². The minimum atomic E-state index is -4.56. The number of aryl methyl sites for hydroxylation is 2. The number of alkyl halides is 3. The number of nitrogens with zero attached hydrogens (tertiary/aromatic N) is 2. The Kier molecular flexibility index (Phi) is 4.84. The van der Waals surface area contributed by atoms with Crippen molar-refractivity contribution < 1.29 is 27.9 Å². The zero-order valence-electron chi connectivity index (χ0n) is 15.0. The van der Waals surface area contributed by atoms with Crippen molar-refractivity contribution in [1.82, 2.24) is 9.38 Å². The van der Waals surface area contributed by atoms with Gasteiger partial charge >= 0.3 is 12.1 Å². The first-order valence-electron chi connectivity index (χ1n) is 8.35. The van der Waals surface area contributed by atoms with E-state index in [9.17, 15) is 22.8 Å². The lowest BCUT2D eigenvalue weighted by atomic mass is 10.1. The van der Waals surface area contributed by atoms with Crippen molar-refractivity contribution in [3.63, 3.8) is 0 Å². The number of aromatic carboxylic acids is 1. The van der Waals surface area contributed by atoms with E-state index in [-0.39, 0.29) is 22.6 Å². The molecule has 146 valence electrons. The quantitative estimate of drug-likeness (QED) is 0.699. The number of halogens is 3. The zero-order valence-corrected chi connectivity index (χ0v) is 15.0. The number of nitrogens with one attached hydrogen (secondary N) is 1. The molecule has 0 saturated heterocycles. The maximum Gasteiger partial charge on any atom is 0.417 e. The highest BCUT2D eigenvalue weighted by atomic mass is 19.4. The van der Waals surface area contributed by atoms with Crippen molar-refractivity contribution in [2.45, 2.75) is 26.4 Å². The van der Waals surface area contributed by atoms with Crippen LogP contribution in [0.25, 0.3) is 5.65 Å². The first-order chi connectivity index (χ1) is 13.1. The molecule has 0 saturated carbocycles. The molecule has 0 aliphatic carbocycles. The van der Waals surface area contributed by atoms with Gasteiger partial charge in [0.1, 0.15) is 11.3 Å². The first-order valence-corrected chi connectivity index (χ1v) is 8.35. The van der Waals surface area contributed by atoms with Crippen LogP contribution in [0.4, 0.5) is 18.9 Å². The van der Waals surface area contributed by atoms with E-state index in [0.29, 0.717) is 17.7 Å². The average Bonchev–Trinajstić information content (AvgIpc) is 3.00. The summed E-state index contributed by atoms with van der Waals surface area (Å²) in [6.07, 6.45) is -3.40. The molecular formula is C19H16F3N3O3. The second kappa shape index (κ2) is 6.99. The molecule has 3 rings (SSSR count). The van der Waals surface area contributed by atoms with E-state index in [1.807, 2.05) is 0 Å². The van der Waals surface area contributed by atoms with Crippen molar-refractivity contribution in [3.05, 3.63) is 64.6 Å². The number of carboxylic acid groups (broad SMARTS) is 1. The van der Waals surface area contributed by atoms with Crippen molar-refractivity contribution >= 4 is 23.2 Å². The molecule has 0 fully saturated rings. The van der Waals surface area contributed by atoms with Crippen LogP contribution >= 0.6 is 0 Å². The van der Waals surface area contributed by atoms with Crippen LogP contribution in [0.2, 0.25) is 0 Å². The molecule has 0 aliphatic rings. The van der Waals surface area contributed by atoms with Crippen LogP contribution in [-0.2, 0) is 12.6 Å². The lowest BCUT2D eigenvalue weighted by Gasteiger charge is -2.11. The van der Waals surface area contributed by atoms with Gasteiger partial charge in [-0.2, -0.15) is 13.2 Å². The van der Waals surface area contributed by atoms with Gasteiger partial charge in [-0.15, -0.1) is 0 Å². The topological polar surface area (TPSA) is 83.7 Å². The van der Waals surface area contributed by atoms with Gasteiger partial charge in [0.05, 0.1) is 16.8 Å². The largest absolute Gasteiger partial charge is 0.478 e. The van der Waals surface area contributed by atoms with Gasteiger partial charge in [0.2, 0.25) is 0 Å². The zero-order chi connectivity index (χ0) is 20.6. The Balaban J connectivity index is 2.08. The fraction of sp³-hybridized carbons (Fsp3) is 0.211. The number of imidazole rings is 1. The number of carbonyl (C=O) groups excluding carboxylic acids is 1. The fourth-order valence-corrected chi connectivity index (χ4v) is 2.82. The molecule has 0 atom stereocenters. The second-order valence-electron chi connectivity index (χ2n) is 6.19. The van der Waals surface area contributed by atoms with Crippen LogP contribution in [-0.4, -0.2) is 26.4 Å². The summed E-state index contributed by atoms with van der Waals surface area (Å²) < 4.78 is 40.3. The van der Waals surface area contributed by atoms with Gasteiger partial charge in [-0.3, -0.25) is 9.20 Å². The van der Waals surface area contributed by atoms with Gasteiger partial charge in [0.25, 0.3) is 5.91 Å². The number of aromatic nitrogens is 2. The second-order valence-corrected chi connectivity index (χ2v) is 6.19. The number of pyridine rings is 1. The Bertz CT molecular complexity index is 1090. The number of carbonyl (C=O) groups is 2. The number of benzene rings is 1. The lowest BCUT2D eigenvalue weighted by Crippen LogP contribution is -2.18. The van der Waals surface area contributed by atoms with E-state index >= 15 is 0 Å². The molecule has 2 heterocycles. The van der Waals surface area contributed by atoms with Crippen LogP contribution in [0.3, 0.4) is 0 Å². The van der Waals surface area contributed by atoms with Crippen LogP contribution in [0.5, 0.6) is 0 Å². The Morgan fingerprint density at radius 3 is 2.54 bits per heavy atom. The van der Waals surface area contributed by atoms with Gasteiger partial charge in [-0.25, -0.2) is 9.78 Å². The monoisotopic (exact) mass is 391 g/mol. The highest BCUT2D eigenvalue weighted by Gasteiger charge is 2.32. The summed E-state index contributed by atoms with van der Waals surface area (Å²) in [5.74, 6) is -1.83. The summed E-state index contributed by atoms with van der Waals surface area (Å²) in [7, 11) is 0. The molecule has 2 N–H and O–H groups in total. The maximum absolute atomic E-state index is 13.1. The summed E-state index contributed by atoms with van der Waals surface area (Å²) in [4.78, 5) is 28.2. The summed E-state index contributed by atoms with van der Waals surface area (Å²) in [5.41, 5.74) is 0.473. The molecule has 0 spiro atoms. The Labute approximate surface area is 157 Å². The third kappa shape index (κ3) is 3.55. The van der Waals surface area contributed by atoms with E-state index in [1.54, 1.807) is 13.8 Å². The summed E-state index contributed by atoms with van der Waals surface area (Å²) in [5, 5.41) is 11.7. The maximum atomic E-state index is 13.1. The molecule has 3 aromatic rings. The van der Waals surface area contributed by atoms with Crippen LogP contribution in [0, 0.1) is 6.92 Å². The van der Waals surface area contributed by atoms with E-state index in [0.717, 1.165) is 16.7 Å². The number of fused-ring (bicyclic) bond motifs is 1. The molecular weight excluding hydrogens is 375 g/mol. The van der Waals surface area contributed by atoms with Crippen LogP contribution in [0.1, 0.15) is 44.6 Å². The van der Waals surface area contributed by atoms with E-state index < -0.39 is 23.6 Å².